The zero-order valence-corrected chi connectivity index (χ0v) is 12.2. The number of nitrogens with two attached hydrogens (primary N) is 1. The van der Waals surface area contributed by atoms with Gasteiger partial charge in [-0.2, -0.15) is 0 Å². The Morgan fingerprint density at radius 1 is 1.20 bits per heavy atom. The SMILES string of the molecule is CC1(C)C(C(=O)Nc2ccc(C(=O)O)cc2N)C1(C)C. The van der Waals surface area contributed by atoms with Gasteiger partial charge in [-0.1, -0.05) is 27.7 Å². The van der Waals surface area contributed by atoms with Crippen LogP contribution in [0.15, 0.2) is 18.2 Å². The van der Waals surface area contributed by atoms with Gasteiger partial charge < -0.3 is 16.2 Å². The van der Waals surface area contributed by atoms with Crippen LogP contribution in [0, 0.1) is 16.7 Å². The Morgan fingerprint density at radius 2 is 1.75 bits per heavy atom. The highest BCUT2D eigenvalue weighted by molar-refractivity contribution is 5.99. The van der Waals surface area contributed by atoms with E-state index >= 15 is 0 Å². The number of nitrogens with one attached hydrogen (secondary N) is 1. The van der Waals surface area contributed by atoms with Crippen molar-refractivity contribution in [2.45, 2.75) is 27.7 Å². The monoisotopic (exact) mass is 276 g/mol. The third-order valence-corrected chi connectivity index (χ3v) is 4.84. The molecule has 2 rings (SSSR count). The van der Waals surface area contributed by atoms with Gasteiger partial charge in [0.2, 0.25) is 5.91 Å². The van der Waals surface area contributed by atoms with Gasteiger partial charge in [0.25, 0.3) is 0 Å². The van der Waals surface area contributed by atoms with Crippen LogP contribution >= 0.6 is 0 Å². The van der Waals surface area contributed by atoms with E-state index in [1.54, 1.807) is 0 Å². The van der Waals surface area contributed by atoms with Gasteiger partial charge in [0.05, 0.1) is 16.9 Å². The molecule has 1 saturated carbocycles. The molecule has 5 heteroatoms. The number of carboxylic acid groups (broad SMARTS) is 1. The number of benzene rings is 1. The Bertz CT molecular complexity index is 577. The summed E-state index contributed by atoms with van der Waals surface area (Å²) in [7, 11) is 0. The van der Waals surface area contributed by atoms with Crippen molar-refractivity contribution in [2.75, 3.05) is 11.1 Å². The van der Waals surface area contributed by atoms with E-state index in [2.05, 4.69) is 33.0 Å². The molecule has 1 aromatic carbocycles. The molecule has 0 atom stereocenters. The van der Waals surface area contributed by atoms with Crippen molar-refractivity contribution in [1.82, 2.24) is 0 Å². The summed E-state index contributed by atoms with van der Waals surface area (Å²) in [5.41, 5.74) is 6.51. The molecule has 0 saturated heterocycles. The fraction of sp³-hybridized carbons (Fsp3) is 0.467. The summed E-state index contributed by atoms with van der Waals surface area (Å²) >= 11 is 0. The summed E-state index contributed by atoms with van der Waals surface area (Å²) in [6.07, 6.45) is 0. The molecule has 0 bridgehead atoms. The minimum Gasteiger partial charge on any atom is -0.478 e. The smallest absolute Gasteiger partial charge is 0.335 e. The van der Waals surface area contributed by atoms with Gasteiger partial charge in [0.1, 0.15) is 0 Å². The van der Waals surface area contributed by atoms with Crippen LogP contribution in [0.2, 0.25) is 0 Å². The number of amides is 1. The van der Waals surface area contributed by atoms with Crippen molar-refractivity contribution in [2.24, 2.45) is 16.7 Å². The predicted molar refractivity (Wildman–Crippen MR) is 77.5 cm³/mol. The van der Waals surface area contributed by atoms with Gasteiger partial charge in [-0.3, -0.25) is 4.79 Å². The van der Waals surface area contributed by atoms with Crippen LogP contribution in [-0.2, 0) is 4.79 Å². The lowest BCUT2D eigenvalue weighted by molar-refractivity contribution is -0.118. The zero-order chi connectivity index (χ0) is 15.3. The number of aromatic carboxylic acids is 1. The Balaban J connectivity index is 2.16. The number of nitrogen functional groups attached to an aromatic ring is 1. The van der Waals surface area contributed by atoms with E-state index in [0.29, 0.717) is 5.69 Å². The topological polar surface area (TPSA) is 92.4 Å². The van der Waals surface area contributed by atoms with Crippen molar-refractivity contribution in [3.8, 4) is 0 Å². The fourth-order valence-electron chi connectivity index (χ4n) is 2.87. The second-order valence-corrected chi connectivity index (χ2v) is 6.47. The molecule has 1 fully saturated rings. The number of rotatable bonds is 3. The van der Waals surface area contributed by atoms with Gasteiger partial charge in [0.15, 0.2) is 0 Å². The Morgan fingerprint density at radius 3 is 2.15 bits per heavy atom. The van der Waals surface area contributed by atoms with Gasteiger partial charge in [-0.25, -0.2) is 4.79 Å². The molecule has 0 radical (unpaired) electrons. The molecule has 0 aromatic heterocycles. The third kappa shape index (κ3) is 2.03. The molecule has 20 heavy (non-hydrogen) atoms. The van der Waals surface area contributed by atoms with Gasteiger partial charge in [0, 0.05) is 5.92 Å². The van der Waals surface area contributed by atoms with E-state index in [4.69, 9.17) is 10.8 Å². The summed E-state index contributed by atoms with van der Waals surface area (Å²) in [5.74, 6) is -1.19. The van der Waals surface area contributed by atoms with Gasteiger partial charge >= 0.3 is 5.97 Å². The number of carboxylic acids is 1. The Kier molecular flexibility index (Phi) is 3.04. The number of carbonyl (C=O) groups is 2. The fourth-order valence-corrected chi connectivity index (χ4v) is 2.87. The molecule has 1 aromatic rings. The van der Waals surface area contributed by atoms with Gasteiger partial charge in [-0.15, -0.1) is 0 Å². The number of carbonyl (C=O) groups excluding carboxylic acids is 1. The molecule has 108 valence electrons. The average Bonchev–Trinajstić information content (AvgIpc) is 2.72. The third-order valence-electron chi connectivity index (χ3n) is 4.84. The summed E-state index contributed by atoms with van der Waals surface area (Å²) in [6.45, 7) is 8.25. The van der Waals surface area contributed by atoms with Crippen molar-refractivity contribution in [1.29, 1.82) is 0 Å². The zero-order valence-electron chi connectivity index (χ0n) is 12.2. The lowest BCUT2D eigenvalue weighted by Gasteiger charge is -2.10. The molecule has 0 spiro atoms. The molecular formula is C15H20N2O3. The normalized spacial score (nSPS) is 19.4. The number of anilines is 2. The Hall–Kier alpha value is -2.04. The maximum Gasteiger partial charge on any atom is 0.335 e. The van der Waals surface area contributed by atoms with Crippen molar-refractivity contribution in [3.63, 3.8) is 0 Å². The van der Waals surface area contributed by atoms with Crippen LogP contribution in [0.1, 0.15) is 38.1 Å². The minimum atomic E-state index is -1.04. The first kappa shape index (κ1) is 14.4. The van der Waals surface area contributed by atoms with Crippen LogP contribution < -0.4 is 11.1 Å². The molecule has 1 aliphatic rings. The maximum absolute atomic E-state index is 12.3. The lowest BCUT2D eigenvalue weighted by Crippen LogP contribution is -2.18. The van der Waals surface area contributed by atoms with Crippen molar-refractivity contribution >= 4 is 23.3 Å². The summed E-state index contributed by atoms with van der Waals surface area (Å²) < 4.78 is 0. The Labute approximate surface area is 118 Å². The van der Waals surface area contributed by atoms with E-state index < -0.39 is 5.97 Å². The van der Waals surface area contributed by atoms with E-state index in [9.17, 15) is 9.59 Å². The van der Waals surface area contributed by atoms with Crippen LogP contribution in [0.4, 0.5) is 11.4 Å². The highest BCUT2D eigenvalue weighted by Gasteiger charge is 2.68. The molecule has 0 heterocycles. The summed E-state index contributed by atoms with van der Waals surface area (Å²) in [5, 5.41) is 11.7. The van der Waals surface area contributed by atoms with Gasteiger partial charge in [-0.05, 0) is 29.0 Å². The molecular weight excluding hydrogens is 256 g/mol. The quantitative estimate of drug-likeness (QED) is 0.740. The number of hydrogen-bond donors (Lipinski definition) is 3. The highest BCUT2D eigenvalue weighted by Crippen LogP contribution is 2.68. The standard InChI is InChI=1S/C15H20N2O3/c1-14(2)11(15(14,3)4)12(18)17-10-6-5-8(13(19)20)7-9(10)16/h5-7,11H,16H2,1-4H3,(H,17,18)(H,19,20). The lowest BCUT2D eigenvalue weighted by atomic mass is 10.0. The summed E-state index contributed by atoms with van der Waals surface area (Å²) in [6, 6.07) is 4.30. The van der Waals surface area contributed by atoms with E-state index in [-0.39, 0.29) is 33.9 Å². The molecule has 0 unspecified atom stereocenters. The first-order valence-corrected chi connectivity index (χ1v) is 6.52. The second kappa shape index (κ2) is 4.23. The highest BCUT2D eigenvalue weighted by atomic mass is 16.4. The van der Waals surface area contributed by atoms with Crippen LogP contribution in [0.5, 0.6) is 0 Å². The molecule has 1 aliphatic carbocycles. The molecule has 5 nitrogen and oxygen atoms in total. The molecule has 4 N–H and O–H groups in total. The minimum absolute atomic E-state index is 0.0488. The average molecular weight is 276 g/mol. The maximum atomic E-state index is 12.3. The number of hydrogen-bond acceptors (Lipinski definition) is 3. The van der Waals surface area contributed by atoms with Crippen LogP contribution in [0.3, 0.4) is 0 Å². The van der Waals surface area contributed by atoms with E-state index in [1.807, 2.05) is 0 Å². The predicted octanol–water partition coefficient (Wildman–Crippen LogP) is 2.59. The van der Waals surface area contributed by atoms with Crippen LogP contribution in [0.25, 0.3) is 0 Å². The van der Waals surface area contributed by atoms with Crippen molar-refractivity contribution in [3.05, 3.63) is 23.8 Å². The molecule has 1 amide bonds. The second-order valence-electron chi connectivity index (χ2n) is 6.47. The first-order valence-electron chi connectivity index (χ1n) is 6.52. The largest absolute Gasteiger partial charge is 0.478 e. The van der Waals surface area contributed by atoms with E-state index in [0.717, 1.165) is 0 Å². The van der Waals surface area contributed by atoms with Crippen molar-refractivity contribution < 1.29 is 14.7 Å². The summed E-state index contributed by atoms with van der Waals surface area (Å²) in [4.78, 5) is 23.1. The first-order chi connectivity index (χ1) is 9.09. The molecule has 0 aliphatic heterocycles. The van der Waals surface area contributed by atoms with Crippen LogP contribution in [-0.4, -0.2) is 17.0 Å². The van der Waals surface area contributed by atoms with E-state index in [1.165, 1.54) is 18.2 Å².